The molecule has 1 N–H and O–H groups in total. The Bertz CT molecular complexity index is 361. The summed E-state index contributed by atoms with van der Waals surface area (Å²) in [4.78, 5) is 0. The third kappa shape index (κ3) is 1.81. The lowest BCUT2D eigenvalue weighted by Gasteiger charge is -2.15. The Kier molecular flexibility index (Phi) is 2.49. The van der Waals surface area contributed by atoms with Gasteiger partial charge in [0.1, 0.15) is 11.9 Å². The van der Waals surface area contributed by atoms with Crippen LogP contribution in [0.5, 0.6) is 5.75 Å². The number of fused-ring (bicyclic) bond motifs is 1. The summed E-state index contributed by atoms with van der Waals surface area (Å²) in [6, 6.07) is 6.37. The first-order valence-electron chi connectivity index (χ1n) is 5.53. The van der Waals surface area contributed by atoms with Gasteiger partial charge in [-0.05, 0) is 30.2 Å². The zero-order valence-corrected chi connectivity index (χ0v) is 9.48. The summed E-state index contributed by atoms with van der Waals surface area (Å²) in [7, 11) is 0. The summed E-state index contributed by atoms with van der Waals surface area (Å²) in [5, 5.41) is 3.41. The predicted octanol–water partition coefficient (Wildman–Crippen LogP) is 2.54. The van der Waals surface area contributed by atoms with Crippen LogP contribution >= 0.6 is 11.8 Å². The van der Waals surface area contributed by atoms with Crippen LogP contribution in [0.25, 0.3) is 0 Å². The molecule has 1 aromatic carbocycles. The van der Waals surface area contributed by atoms with E-state index in [0.29, 0.717) is 6.10 Å². The van der Waals surface area contributed by atoms with E-state index in [2.05, 4.69) is 23.5 Å². The molecule has 0 saturated carbocycles. The Morgan fingerprint density at radius 2 is 2.40 bits per heavy atom. The fraction of sp³-hybridized carbons (Fsp3) is 0.500. The quantitative estimate of drug-likeness (QED) is 0.829. The van der Waals surface area contributed by atoms with Crippen LogP contribution in [0, 0.1) is 0 Å². The predicted molar refractivity (Wildman–Crippen MR) is 65.0 cm³/mol. The van der Waals surface area contributed by atoms with Crippen molar-refractivity contribution in [2.75, 3.05) is 23.4 Å². The topological polar surface area (TPSA) is 21.3 Å². The lowest BCUT2D eigenvalue weighted by molar-refractivity contribution is 0.230. The van der Waals surface area contributed by atoms with Crippen molar-refractivity contribution in [2.24, 2.45) is 0 Å². The molecule has 1 aromatic rings. The van der Waals surface area contributed by atoms with Gasteiger partial charge < -0.3 is 10.1 Å². The van der Waals surface area contributed by atoms with Gasteiger partial charge in [0, 0.05) is 12.3 Å². The number of ether oxygens (including phenoxy) is 1. The smallest absolute Gasteiger partial charge is 0.143 e. The standard InChI is InChI=1S/C12H15NOS/c1-2-9-4-6-13-12(9)11(3-1)14-10-5-7-15-8-10/h1-3,10,13H,4-8H2. The normalized spacial score (nSPS) is 23.6. The van der Waals surface area contributed by atoms with E-state index in [1.807, 2.05) is 11.8 Å². The second-order valence-electron chi connectivity index (χ2n) is 4.07. The van der Waals surface area contributed by atoms with Crippen LogP contribution in [0.2, 0.25) is 0 Å². The van der Waals surface area contributed by atoms with Gasteiger partial charge >= 0.3 is 0 Å². The van der Waals surface area contributed by atoms with Crippen molar-refractivity contribution in [3.8, 4) is 5.75 Å². The number of nitrogens with one attached hydrogen (secondary N) is 1. The molecule has 3 heteroatoms. The van der Waals surface area contributed by atoms with Gasteiger partial charge in [0.15, 0.2) is 0 Å². The van der Waals surface area contributed by atoms with Gasteiger partial charge in [-0.15, -0.1) is 0 Å². The number of rotatable bonds is 2. The number of benzene rings is 1. The monoisotopic (exact) mass is 221 g/mol. The molecule has 0 amide bonds. The van der Waals surface area contributed by atoms with Crippen molar-refractivity contribution >= 4 is 17.4 Å². The molecule has 1 saturated heterocycles. The highest BCUT2D eigenvalue weighted by Crippen LogP contribution is 2.34. The molecular formula is C12H15NOS. The lowest BCUT2D eigenvalue weighted by atomic mass is 10.1. The van der Waals surface area contributed by atoms with Crippen LogP contribution in [-0.4, -0.2) is 24.2 Å². The lowest BCUT2D eigenvalue weighted by Crippen LogP contribution is -2.15. The molecule has 80 valence electrons. The van der Waals surface area contributed by atoms with E-state index >= 15 is 0 Å². The van der Waals surface area contributed by atoms with E-state index in [1.165, 1.54) is 23.4 Å². The molecule has 2 aliphatic rings. The van der Waals surface area contributed by atoms with Crippen molar-refractivity contribution in [1.29, 1.82) is 0 Å². The van der Waals surface area contributed by atoms with Crippen LogP contribution in [0.3, 0.4) is 0 Å². The minimum atomic E-state index is 0.420. The number of thioether (sulfide) groups is 1. The Morgan fingerprint density at radius 1 is 1.40 bits per heavy atom. The molecule has 0 aromatic heterocycles. The Morgan fingerprint density at radius 3 is 3.27 bits per heavy atom. The van der Waals surface area contributed by atoms with Crippen molar-refractivity contribution in [3.63, 3.8) is 0 Å². The van der Waals surface area contributed by atoms with Gasteiger partial charge in [-0.25, -0.2) is 0 Å². The van der Waals surface area contributed by atoms with E-state index in [1.54, 1.807) is 0 Å². The molecule has 1 unspecified atom stereocenters. The van der Waals surface area contributed by atoms with E-state index in [4.69, 9.17) is 4.74 Å². The average molecular weight is 221 g/mol. The van der Waals surface area contributed by atoms with Crippen LogP contribution in [0.15, 0.2) is 18.2 Å². The minimum absolute atomic E-state index is 0.420. The van der Waals surface area contributed by atoms with E-state index in [-0.39, 0.29) is 0 Å². The largest absolute Gasteiger partial charge is 0.487 e. The number of para-hydroxylation sites is 1. The molecule has 0 aliphatic carbocycles. The summed E-state index contributed by atoms with van der Waals surface area (Å²) in [5.74, 6) is 3.44. The summed E-state index contributed by atoms with van der Waals surface area (Å²) in [5.41, 5.74) is 2.63. The first-order chi connectivity index (χ1) is 7.43. The molecule has 0 radical (unpaired) electrons. The van der Waals surface area contributed by atoms with E-state index in [0.717, 1.165) is 24.5 Å². The molecule has 15 heavy (non-hydrogen) atoms. The third-order valence-electron chi connectivity index (χ3n) is 2.99. The summed E-state index contributed by atoms with van der Waals surface area (Å²) < 4.78 is 6.03. The maximum absolute atomic E-state index is 6.03. The maximum Gasteiger partial charge on any atom is 0.143 e. The summed E-state index contributed by atoms with van der Waals surface area (Å²) >= 11 is 1.99. The highest BCUT2D eigenvalue weighted by atomic mass is 32.2. The van der Waals surface area contributed by atoms with Gasteiger partial charge in [-0.3, -0.25) is 0 Å². The molecule has 2 aliphatic heterocycles. The Labute approximate surface area is 94.4 Å². The third-order valence-corrected chi connectivity index (χ3v) is 4.12. The molecular weight excluding hydrogens is 206 g/mol. The van der Waals surface area contributed by atoms with Crippen LogP contribution in [0.4, 0.5) is 5.69 Å². The van der Waals surface area contributed by atoms with Crippen molar-refractivity contribution < 1.29 is 4.74 Å². The summed E-state index contributed by atoms with van der Waals surface area (Å²) in [6.07, 6.45) is 2.74. The molecule has 2 nitrogen and oxygen atoms in total. The van der Waals surface area contributed by atoms with Crippen molar-refractivity contribution in [1.82, 2.24) is 0 Å². The Balaban J connectivity index is 1.82. The van der Waals surface area contributed by atoms with Gasteiger partial charge in [0.2, 0.25) is 0 Å². The fourth-order valence-corrected chi connectivity index (χ4v) is 3.29. The van der Waals surface area contributed by atoms with Crippen molar-refractivity contribution in [3.05, 3.63) is 23.8 Å². The van der Waals surface area contributed by atoms with Crippen LogP contribution in [-0.2, 0) is 6.42 Å². The fourth-order valence-electron chi connectivity index (χ4n) is 2.19. The molecule has 2 heterocycles. The van der Waals surface area contributed by atoms with Crippen LogP contribution in [0.1, 0.15) is 12.0 Å². The Hall–Kier alpha value is -0.830. The number of anilines is 1. The molecule has 0 spiro atoms. The zero-order chi connectivity index (χ0) is 10.1. The highest BCUT2D eigenvalue weighted by molar-refractivity contribution is 7.99. The molecule has 1 atom stereocenters. The second-order valence-corrected chi connectivity index (χ2v) is 5.22. The average Bonchev–Trinajstić information content (AvgIpc) is 2.87. The summed E-state index contributed by atoms with van der Waals surface area (Å²) in [6.45, 7) is 1.05. The zero-order valence-electron chi connectivity index (χ0n) is 8.66. The first-order valence-corrected chi connectivity index (χ1v) is 6.69. The van der Waals surface area contributed by atoms with E-state index in [9.17, 15) is 0 Å². The minimum Gasteiger partial charge on any atom is -0.487 e. The van der Waals surface area contributed by atoms with Crippen LogP contribution < -0.4 is 10.1 Å². The van der Waals surface area contributed by atoms with Gasteiger partial charge in [0.05, 0.1) is 5.69 Å². The van der Waals surface area contributed by atoms with Gasteiger partial charge in [-0.2, -0.15) is 11.8 Å². The number of hydrogen-bond donors (Lipinski definition) is 1. The second kappa shape index (κ2) is 3.97. The first kappa shape index (κ1) is 9.40. The highest BCUT2D eigenvalue weighted by Gasteiger charge is 2.20. The molecule has 1 fully saturated rings. The van der Waals surface area contributed by atoms with Gasteiger partial charge in [-0.1, -0.05) is 12.1 Å². The number of hydrogen-bond acceptors (Lipinski definition) is 3. The van der Waals surface area contributed by atoms with Crippen molar-refractivity contribution in [2.45, 2.75) is 18.9 Å². The molecule has 0 bridgehead atoms. The van der Waals surface area contributed by atoms with Gasteiger partial charge in [0.25, 0.3) is 0 Å². The SMILES string of the molecule is c1cc2c(c(OC3CCSC3)c1)NCC2. The molecule has 3 rings (SSSR count). The van der Waals surface area contributed by atoms with E-state index < -0.39 is 0 Å². The maximum atomic E-state index is 6.03.